The van der Waals surface area contributed by atoms with Crippen LogP contribution in [0.4, 0.5) is 0 Å². The summed E-state index contributed by atoms with van der Waals surface area (Å²) >= 11 is 0. The Morgan fingerprint density at radius 3 is 2.70 bits per heavy atom. The molecular formula is C17H24N2O. The quantitative estimate of drug-likeness (QED) is 0.901. The third-order valence-electron chi connectivity index (χ3n) is 4.40. The Balaban J connectivity index is 1.82. The molecule has 0 spiro atoms. The van der Waals surface area contributed by atoms with E-state index >= 15 is 0 Å². The smallest absolute Gasteiger partial charge is 0.0927 e. The SMILES string of the molecule is CC(C)CN1CCC(O)(c2cccc3[nH]ccc23)CC1. The molecule has 20 heavy (non-hydrogen) atoms. The lowest BCUT2D eigenvalue weighted by Crippen LogP contribution is -2.43. The van der Waals surface area contributed by atoms with Gasteiger partial charge in [0.15, 0.2) is 0 Å². The van der Waals surface area contributed by atoms with Gasteiger partial charge in [0.25, 0.3) is 0 Å². The van der Waals surface area contributed by atoms with Crippen LogP contribution in [0.15, 0.2) is 30.5 Å². The molecule has 3 heteroatoms. The zero-order valence-corrected chi connectivity index (χ0v) is 12.4. The van der Waals surface area contributed by atoms with Crippen molar-refractivity contribution in [1.29, 1.82) is 0 Å². The first-order chi connectivity index (χ1) is 9.58. The maximum Gasteiger partial charge on any atom is 0.0927 e. The van der Waals surface area contributed by atoms with Crippen molar-refractivity contribution in [2.75, 3.05) is 19.6 Å². The second-order valence-electron chi connectivity index (χ2n) is 6.47. The number of aromatic nitrogens is 1. The normalized spacial score (nSPS) is 19.8. The maximum atomic E-state index is 11.1. The molecule has 0 bridgehead atoms. The van der Waals surface area contributed by atoms with Crippen molar-refractivity contribution in [2.45, 2.75) is 32.3 Å². The van der Waals surface area contributed by atoms with E-state index in [9.17, 15) is 5.11 Å². The van der Waals surface area contributed by atoms with Crippen LogP contribution in [-0.2, 0) is 5.60 Å². The van der Waals surface area contributed by atoms with Gasteiger partial charge < -0.3 is 15.0 Å². The number of piperidine rings is 1. The molecular weight excluding hydrogens is 248 g/mol. The molecule has 2 aromatic rings. The molecule has 0 radical (unpaired) electrons. The van der Waals surface area contributed by atoms with Gasteiger partial charge in [-0.1, -0.05) is 26.0 Å². The van der Waals surface area contributed by atoms with Gasteiger partial charge in [-0.25, -0.2) is 0 Å². The van der Waals surface area contributed by atoms with Crippen LogP contribution < -0.4 is 0 Å². The van der Waals surface area contributed by atoms with Gasteiger partial charge in [0.2, 0.25) is 0 Å². The number of nitrogens with zero attached hydrogens (tertiary/aromatic N) is 1. The van der Waals surface area contributed by atoms with Crippen LogP contribution in [0.2, 0.25) is 0 Å². The predicted octanol–water partition coefficient (Wildman–Crippen LogP) is 3.11. The highest BCUT2D eigenvalue weighted by molar-refractivity contribution is 5.83. The average Bonchev–Trinajstić information content (AvgIpc) is 2.89. The van der Waals surface area contributed by atoms with Crippen LogP contribution in [0.5, 0.6) is 0 Å². The van der Waals surface area contributed by atoms with Gasteiger partial charge >= 0.3 is 0 Å². The number of aliphatic hydroxyl groups is 1. The molecule has 0 aliphatic carbocycles. The molecule has 1 saturated heterocycles. The number of hydrogen-bond acceptors (Lipinski definition) is 2. The first-order valence-corrected chi connectivity index (χ1v) is 7.60. The lowest BCUT2D eigenvalue weighted by atomic mass is 9.82. The number of rotatable bonds is 3. The zero-order valence-electron chi connectivity index (χ0n) is 12.4. The Morgan fingerprint density at radius 2 is 2.00 bits per heavy atom. The molecule has 0 saturated carbocycles. The minimum absolute atomic E-state index is 0.671. The van der Waals surface area contributed by atoms with E-state index in [1.54, 1.807) is 0 Å². The summed E-state index contributed by atoms with van der Waals surface area (Å²) in [6, 6.07) is 8.25. The second-order valence-corrected chi connectivity index (χ2v) is 6.47. The van der Waals surface area contributed by atoms with Crippen LogP contribution in [0.25, 0.3) is 10.9 Å². The number of nitrogens with one attached hydrogen (secondary N) is 1. The zero-order chi connectivity index (χ0) is 14.2. The Bertz CT molecular complexity index is 579. The summed E-state index contributed by atoms with van der Waals surface area (Å²) in [4.78, 5) is 5.70. The Morgan fingerprint density at radius 1 is 1.25 bits per heavy atom. The van der Waals surface area contributed by atoms with Crippen molar-refractivity contribution >= 4 is 10.9 Å². The highest BCUT2D eigenvalue weighted by Crippen LogP contribution is 2.36. The lowest BCUT2D eigenvalue weighted by molar-refractivity contribution is -0.0267. The van der Waals surface area contributed by atoms with Gasteiger partial charge in [-0.05, 0) is 36.5 Å². The van der Waals surface area contributed by atoms with Crippen molar-refractivity contribution in [3.05, 3.63) is 36.0 Å². The van der Waals surface area contributed by atoms with E-state index in [1.165, 1.54) is 0 Å². The van der Waals surface area contributed by atoms with Gasteiger partial charge in [-0.2, -0.15) is 0 Å². The van der Waals surface area contributed by atoms with E-state index in [2.05, 4.69) is 41.9 Å². The molecule has 0 atom stereocenters. The van der Waals surface area contributed by atoms with Crippen molar-refractivity contribution in [3.8, 4) is 0 Å². The number of hydrogen-bond donors (Lipinski definition) is 2. The number of aromatic amines is 1. The first-order valence-electron chi connectivity index (χ1n) is 7.60. The number of benzene rings is 1. The third-order valence-corrected chi connectivity index (χ3v) is 4.40. The largest absolute Gasteiger partial charge is 0.385 e. The summed E-state index contributed by atoms with van der Waals surface area (Å²) in [5.41, 5.74) is 1.52. The van der Waals surface area contributed by atoms with E-state index < -0.39 is 5.60 Å². The fourth-order valence-corrected chi connectivity index (χ4v) is 3.38. The molecule has 3 nitrogen and oxygen atoms in total. The average molecular weight is 272 g/mol. The number of fused-ring (bicyclic) bond motifs is 1. The summed E-state index contributed by atoms with van der Waals surface area (Å²) in [6.45, 7) is 7.60. The van der Waals surface area contributed by atoms with E-state index in [0.29, 0.717) is 5.92 Å². The fraction of sp³-hybridized carbons (Fsp3) is 0.529. The lowest BCUT2D eigenvalue weighted by Gasteiger charge is -2.39. The van der Waals surface area contributed by atoms with E-state index in [4.69, 9.17) is 0 Å². The molecule has 1 aromatic carbocycles. The van der Waals surface area contributed by atoms with Crippen LogP contribution in [0, 0.1) is 5.92 Å². The maximum absolute atomic E-state index is 11.1. The predicted molar refractivity (Wildman–Crippen MR) is 82.7 cm³/mol. The van der Waals surface area contributed by atoms with Gasteiger partial charge in [-0.3, -0.25) is 0 Å². The minimum Gasteiger partial charge on any atom is -0.385 e. The highest BCUT2D eigenvalue weighted by atomic mass is 16.3. The highest BCUT2D eigenvalue weighted by Gasteiger charge is 2.35. The summed E-state index contributed by atoms with van der Waals surface area (Å²) in [5, 5.41) is 12.2. The molecule has 1 aliphatic rings. The minimum atomic E-state index is -0.671. The van der Waals surface area contributed by atoms with Crippen molar-refractivity contribution in [2.24, 2.45) is 5.92 Å². The van der Waals surface area contributed by atoms with Crippen molar-refractivity contribution < 1.29 is 5.11 Å². The van der Waals surface area contributed by atoms with E-state index in [0.717, 1.165) is 48.9 Å². The van der Waals surface area contributed by atoms with E-state index in [-0.39, 0.29) is 0 Å². The second kappa shape index (κ2) is 5.23. The summed E-state index contributed by atoms with van der Waals surface area (Å²) in [5.74, 6) is 0.689. The third kappa shape index (κ3) is 2.48. The summed E-state index contributed by atoms with van der Waals surface area (Å²) in [6.07, 6.45) is 3.60. The Hall–Kier alpha value is -1.32. The topological polar surface area (TPSA) is 39.3 Å². The number of H-pyrrole nitrogens is 1. The molecule has 1 fully saturated rings. The van der Waals surface area contributed by atoms with Crippen LogP contribution >= 0.6 is 0 Å². The van der Waals surface area contributed by atoms with Crippen molar-refractivity contribution in [3.63, 3.8) is 0 Å². The Kier molecular flexibility index (Phi) is 3.57. The molecule has 0 unspecified atom stereocenters. The van der Waals surface area contributed by atoms with Crippen molar-refractivity contribution in [1.82, 2.24) is 9.88 Å². The summed E-state index contributed by atoms with van der Waals surface area (Å²) < 4.78 is 0. The molecule has 3 rings (SSSR count). The van der Waals surface area contributed by atoms with Crippen LogP contribution in [0.1, 0.15) is 32.3 Å². The molecule has 108 valence electrons. The van der Waals surface area contributed by atoms with Gasteiger partial charge in [0.1, 0.15) is 0 Å². The molecule has 1 aliphatic heterocycles. The molecule has 2 N–H and O–H groups in total. The molecule has 2 heterocycles. The van der Waals surface area contributed by atoms with Crippen LogP contribution in [0.3, 0.4) is 0 Å². The first kappa shape index (κ1) is 13.7. The summed E-state index contributed by atoms with van der Waals surface area (Å²) in [7, 11) is 0. The fourth-order valence-electron chi connectivity index (χ4n) is 3.38. The van der Waals surface area contributed by atoms with Gasteiger partial charge in [-0.15, -0.1) is 0 Å². The monoisotopic (exact) mass is 272 g/mol. The van der Waals surface area contributed by atoms with Gasteiger partial charge in [0.05, 0.1) is 5.60 Å². The number of likely N-dealkylation sites (tertiary alicyclic amines) is 1. The van der Waals surface area contributed by atoms with Crippen LogP contribution in [-0.4, -0.2) is 34.6 Å². The standard InChI is InChI=1S/C17H24N2O/c1-13(2)12-19-10-7-17(20,8-11-19)15-4-3-5-16-14(15)6-9-18-16/h3-6,9,13,18,20H,7-8,10-12H2,1-2H3. The Labute approximate surface area is 120 Å². The van der Waals surface area contributed by atoms with E-state index in [1.807, 2.05) is 12.3 Å². The molecule has 0 amide bonds. The molecule has 1 aromatic heterocycles. The van der Waals surface area contributed by atoms with Gasteiger partial charge in [0, 0.05) is 36.7 Å².